The van der Waals surface area contributed by atoms with Gasteiger partial charge in [0.2, 0.25) is 0 Å². The van der Waals surface area contributed by atoms with Gasteiger partial charge >= 0.3 is 12.4 Å². The Balaban J connectivity index is 1.46. The average Bonchev–Trinajstić information content (AvgIpc) is 3.02. The van der Waals surface area contributed by atoms with Gasteiger partial charge in [0.15, 0.2) is 0 Å². The summed E-state index contributed by atoms with van der Waals surface area (Å²) in [5.74, 6) is -0.133. The molecular formula is C20H19F3N2O4. The van der Waals surface area contributed by atoms with Gasteiger partial charge in [0.1, 0.15) is 11.5 Å². The number of anilines is 1. The highest BCUT2D eigenvalue weighted by molar-refractivity contribution is 5.90. The lowest BCUT2D eigenvalue weighted by molar-refractivity contribution is -0.274. The van der Waals surface area contributed by atoms with Crippen molar-refractivity contribution in [2.45, 2.75) is 37.8 Å². The maximum Gasteiger partial charge on any atom is 0.573 e. The summed E-state index contributed by atoms with van der Waals surface area (Å²) in [5, 5.41) is 15.5. The van der Waals surface area contributed by atoms with Gasteiger partial charge in [0, 0.05) is 30.2 Å². The summed E-state index contributed by atoms with van der Waals surface area (Å²) in [7, 11) is 0. The van der Waals surface area contributed by atoms with E-state index < -0.39 is 24.5 Å². The fourth-order valence-electron chi connectivity index (χ4n) is 3.78. The molecule has 0 radical (unpaired) electrons. The predicted octanol–water partition coefficient (Wildman–Crippen LogP) is 3.69. The fourth-order valence-corrected chi connectivity index (χ4v) is 3.78. The van der Waals surface area contributed by atoms with Gasteiger partial charge in [0.25, 0.3) is 0 Å². The second-order valence-electron chi connectivity index (χ2n) is 7.04. The first-order valence-corrected chi connectivity index (χ1v) is 9.17. The van der Waals surface area contributed by atoms with E-state index in [0.717, 1.165) is 11.1 Å². The maximum absolute atomic E-state index is 12.5. The van der Waals surface area contributed by atoms with Crippen molar-refractivity contribution < 1.29 is 32.5 Å². The maximum atomic E-state index is 12.5. The molecule has 0 unspecified atom stereocenters. The Morgan fingerprint density at radius 3 is 2.83 bits per heavy atom. The minimum Gasteiger partial charge on any atom is -0.493 e. The first-order chi connectivity index (χ1) is 13.8. The summed E-state index contributed by atoms with van der Waals surface area (Å²) in [4.78, 5) is 12.5. The monoisotopic (exact) mass is 408 g/mol. The topological polar surface area (TPSA) is 79.8 Å². The molecule has 154 valence electrons. The minimum absolute atomic E-state index is 0.243. The molecule has 0 saturated carbocycles. The molecule has 29 heavy (non-hydrogen) atoms. The number of rotatable bonds is 3. The summed E-state index contributed by atoms with van der Waals surface area (Å²) >= 11 is 0. The van der Waals surface area contributed by atoms with Crippen molar-refractivity contribution in [1.29, 1.82) is 0 Å². The number of halogens is 3. The molecule has 4 rings (SSSR count). The van der Waals surface area contributed by atoms with Crippen molar-refractivity contribution in [2.75, 3.05) is 11.9 Å². The normalized spacial score (nSPS) is 20.3. The van der Waals surface area contributed by atoms with Crippen LogP contribution >= 0.6 is 0 Å². The third-order valence-corrected chi connectivity index (χ3v) is 4.98. The number of urea groups is 1. The van der Waals surface area contributed by atoms with Crippen LogP contribution in [0.1, 0.15) is 29.2 Å². The van der Waals surface area contributed by atoms with Gasteiger partial charge in [-0.15, -0.1) is 13.2 Å². The molecule has 0 spiro atoms. The van der Waals surface area contributed by atoms with Gasteiger partial charge in [-0.05, 0) is 35.7 Å². The predicted molar refractivity (Wildman–Crippen MR) is 98.0 cm³/mol. The van der Waals surface area contributed by atoms with E-state index in [0.29, 0.717) is 30.5 Å². The first kappa shape index (κ1) is 19.4. The van der Waals surface area contributed by atoms with Crippen LogP contribution in [0.4, 0.5) is 23.7 Å². The summed E-state index contributed by atoms with van der Waals surface area (Å²) in [6, 6.07) is 8.47. The molecule has 2 atom stereocenters. The number of hydrogen-bond donors (Lipinski definition) is 3. The molecule has 1 aliphatic carbocycles. The van der Waals surface area contributed by atoms with Gasteiger partial charge in [-0.3, -0.25) is 0 Å². The van der Waals surface area contributed by atoms with Gasteiger partial charge < -0.3 is 25.2 Å². The number of carbonyl (C=O) groups is 1. The number of alkyl halides is 3. The summed E-state index contributed by atoms with van der Waals surface area (Å²) < 4.78 is 46.6. The van der Waals surface area contributed by atoms with E-state index in [1.165, 1.54) is 18.2 Å². The van der Waals surface area contributed by atoms with Crippen LogP contribution in [0, 0.1) is 0 Å². The molecule has 2 aromatic carbocycles. The summed E-state index contributed by atoms with van der Waals surface area (Å²) in [6.07, 6.45) is -3.72. The third kappa shape index (κ3) is 4.40. The van der Waals surface area contributed by atoms with Crippen LogP contribution < -0.4 is 20.1 Å². The van der Waals surface area contributed by atoms with Gasteiger partial charge in [0.05, 0.1) is 18.8 Å². The molecule has 1 heterocycles. The highest BCUT2D eigenvalue weighted by Crippen LogP contribution is 2.36. The molecule has 2 aromatic rings. The summed E-state index contributed by atoms with van der Waals surface area (Å²) in [6.45, 7) is 0.250. The molecule has 0 saturated heterocycles. The SMILES string of the molecule is O=C(Nc1cccc2c1C[C@H](O)C2)N[C@@H]1CCOc2cc(OC(F)(F)F)ccc21. The Labute approximate surface area is 164 Å². The molecule has 0 aromatic heterocycles. The third-order valence-electron chi connectivity index (χ3n) is 4.98. The van der Waals surface area contributed by atoms with Crippen LogP contribution in [0.5, 0.6) is 11.5 Å². The van der Waals surface area contributed by atoms with Crippen LogP contribution in [0.2, 0.25) is 0 Å². The minimum atomic E-state index is -4.79. The van der Waals surface area contributed by atoms with Gasteiger partial charge in [-0.2, -0.15) is 0 Å². The molecule has 2 amide bonds. The van der Waals surface area contributed by atoms with E-state index in [1.807, 2.05) is 12.1 Å². The van der Waals surface area contributed by atoms with Crippen molar-refractivity contribution in [3.8, 4) is 11.5 Å². The number of hydrogen-bond acceptors (Lipinski definition) is 4. The number of carbonyl (C=O) groups excluding carboxylic acids is 1. The van der Waals surface area contributed by atoms with Crippen LogP contribution in [0.15, 0.2) is 36.4 Å². The standard InChI is InChI=1S/C20H19F3N2O4/c21-20(22,23)29-13-4-5-14-17(6-7-28-18(14)10-13)25-19(27)24-16-3-1-2-11-8-12(26)9-15(11)16/h1-5,10,12,17,26H,6-9H2,(H2,24,25,27)/t12-,17-/m1/s1. The molecule has 0 bridgehead atoms. The zero-order valence-electron chi connectivity index (χ0n) is 15.3. The van der Waals surface area contributed by atoms with Crippen molar-refractivity contribution in [3.05, 3.63) is 53.1 Å². The van der Waals surface area contributed by atoms with Gasteiger partial charge in [-0.25, -0.2) is 4.79 Å². The smallest absolute Gasteiger partial charge is 0.493 e. The van der Waals surface area contributed by atoms with E-state index in [2.05, 4.69) is 15.4 Å². The summed E-state index contributed by atoms with van der Waals surface area (Å²) in [5.41, 5.74) is 3.13. The largest absolute Gasteiger partial charge is 0.573 e. The number of aliphatic hydroxyl groups is 1. The van der Waals surface area contributed by atoms with Crippen molar-refractivity contribution in [1.82, 2.24) is 5.32 Å². The number of aliphatic hydroxyl groups excluding tert-OH is 1. The molecule has 2 aliphatic rings. The quantitative estimate of drug-likeness (QED) is 0.724. The second kappa shape index (κ2) is 7.47. The van der Waals surface area contributed by atoms with E-state index >= 15 is 0 Å². The lowest BCUT2D eigenvalue weighted by Crippen LogP contribution is -2.35. The number of nitrogens with one attached hydrogen (secondary N) is 2. The van der Waals surface area contributed by atoms with E-state index in [1.54, 1.807) is 6.07 Å². The number of benzene rings is 2. The van der Waals surface area contributed by atoms with Crippen LogP contribution in [-0.4, -0.2) is 30.2 Å². The first-order valence-electron chi connectivity index (χ1n) is 9.17. The van der Waals surface area contributed by atoms with Crippen molar-refractivity contribution >= 4 is 11.7 Å². The highest BCUT2D eigenvalue weighted by Gasteiger charge is 2.32. The van der Waals surface area contributed by atoms with Crippen molar-refractivity contribution in [2.24, 2.45) is 0 Å². The lowest BCUT2D eigenvalue weighted by Gasteiger charge is -2.27. The number of amides is 2. The molecule has 3 N–H and O–H groups in total. The average molecular weight is 408 g/mol. The Morgan fingerprint density at radius 2 is 2.03 bits per heavy atom. The van der Waals surface area contributed by atoms with Crippen LogP contribution in [0.25, 0.3) is 0 Å². The highest BCUT2D eigenvalue weighted by atomic mass is 19.4. The van der Waals surface area contributed by atoms with E-state index in [4.69, 9.17) is 4.74 Å². The number of fused-ring (bicyclic) bond motifs is 2. The van der Waals surface area contributed by atoms with Crippen molar-refractivity contribution in [3.63, 3.8) is 0 Å². The second-order valence-corrected chi connectivity index (χ2v) is 7.04. The molecule has 1 aliphatic heterocycles. The molecule has 0 fully saturated rings. The van der Waals surface area contributed by atoms with Gasteiger partial charge in [-0.1, -0.05) is 12.1 Å². The van der Waals surface area contributed by atoms with E-state index in [-0.39, 0.29) is 18.1 Å². The fraction of sp³-hybridized carbons (Fsp3) is 0.350. The molecule has 9 heteroatoms. The Kier molecular flexibility index (Phi) is 4.99. The van der Waals surface area contributed by atoms with Crippen LogP contribution in [-0.2, 0) is 12.8 Å². The zero-order chi connectivity index (χ0) is 20.6. The molecular weight excluding hydrogens is 389 g/mol. The molecule has 6 nitrogen and oxygen atoms in total. The number of ether oxygens (including phenoxy) is 2. The Bertz CT molecular complexity index is 932. The Hall–Kier alpha value is -2.94. The Morgan fingerprint density at radius 1 is 1.21 bits per heavy atom. The zero-order valence-corrected chi connectivity index (χ0v) is 15.3. The van der Waals surface area contributed by atoms with E-state index in [9.17, 15) is 23.1 Å². The lowest BCUT2D eigenvalue weighted by atomic mass is 10.0. The van der Waals surface area contributed by atoms with Crippen LogP contribution in [0.3, 0.4) is 0 Å².